The molecule has 3 aromatic rings. The van der Waals surface area contributed by atoms with E-state index in [9.17, 15) is 14.0 Å². The summed E-state index contributed by atoms with van der Waals surface area (Å²) in [4.78, 5) is 30.8. The molecule has 0 aliphatic carbocycles. The van der Waals surface area contributed by atoms with Crippen molar-refractivity contribution >= 4 is 28.3 Å². The largest absolute Gasteiger partial charge is 0.378 e. The number of fused-ring (bicyclic) bond motifs is 1. The lowest BCUT2D eigenvalue weighted by Gasteiger charge is -2.31. The fraction of sp³-hybridized carbons (Fsp3) is 0.261. The molecule has 2 aromatic carbocycles. The van der Waals surface area contributed by atoms with E-state index in [-0.39, 0.29) is 17.0 Å². The van der Waals surface area contributed by atoms with Crippen molar-refractivity contribution in [2.45, 2.75) is 6.92 Å². The van der Waals surface area contributed by atoms with Gasteiger partial charge in [-0.15, -0.1) is 0 Å². The Bertz CT molecular complexity index is 1190. The number of anilines is 1. The first-order valence-corrected chi connectivity index (χ1v) is 9.89. The molecule has 1 aliphatic heterocycles. The third kappa shape index (κ3) is 3.74. The Labute approximate surface area is 177 Å². The number of hydrogen-bond donors (Lipinski definition) is 1. The zero-order valence-electron chi connectivity index (χ0n) is 17.2. The van der Waals surface area contributed by atoms with E-state index in [1.807, 2.05) is 4.90 Å². The molecule has 1 fully saturated rings. The minimum Gasteiger partial charge on any atom is -0.378 e. The lowest BCUT2D eigenvalue weighted by atomic mass is 9.96. The Morgan fingerprint density at radius 2 is 1.84 bits per heavy atom. The number of Topliss-reactive ketones (excluding diaryl/α,β-unsaturated/α-hetero) is 1. The van der Waals surface area contributed by atoms with Crippen molar-refractivity contribution < 1.29 is 23.1 Å². The summed E-state index contributed by atoms with van der Waals surface area (Å²) in [6, 6.07) is 7.07. The van der Waals surface area contributed by atoms with E-state index in [1.165, 1.54) is 20.2 Å². The Hall–Kier alpha value is -3.39. The fourth-order valence-electron chi connectivity index (χ4n) is 3.90. The number of morpholine rings is 1. The van der Waals surface area contributed by atoms with Crippen molar-refractivity contribution in [3.63, 3.8) is 0 Å². The van der Waals surface area contributed by atoms with Gasteiger partial charge in [0.25, 0.3) is 5.91 Å². The van der Waals surface area contributed by atoms with Crippen LogP contribution in [0.5, 0.6) is 0 Å². The molecule has 4 rings (SSSR count). The number of carbonyl (C=O) groups is 2. The van der Waals surface area contributed by atoms with Crippen LogP contribution in [0.3, 0.4) is 0 Å². The van der Waals surface area contributed by atoms with E-state index < -0.39 is 17.4 Å². The SMILES string of the molecule is CNC(=O)c1cnc2c(-c3cc(F)cc(C(C)=O)c3F)cccc2c1N1CCOCC1. The number of nitrogens with zero attached hydrogens (tertiary/aromatic N) is 2. The van der Waals surface area contributed by atoms with E-state index in [0.717, 1.165) is 12.1 Å². The second-order valence-electron chi connectivity index (χ2n) is 7.27. The number of rotatable bonds is 4. The average Bonchev–Trinajstić information content (AvgIpc) is 2.79. The van der Waals surface area contributed by atoms with Gasteiger partial charge in [-0.2, -0.15) is 0 Å². The van der Waals surface area contributed by atoms with Gasteiger partial charge in [-0.3, -0.25) is 14.6 Å². The van der Waals surface area contributed by atoms with Gasteiger partial charge >= 0.3 is 0 Å². The van der Waals surface area contributed by atoms with Crippen LogP contribution in [-0.2, 0) is 4.74 Å². The fourth-order valence-corrected chi connectivity index (χ4v) is 3.90. The number of hydrogen-bond acceptors (Lipinski definition) is 5. The van der Waals surface area contributed by atoms with Crippen LogP contribution < -0.4 is 10.2 Å². The number of pyridine rings is 1. The van der Waals surface area contributed by atoms with Crippen molar-refractivity contribution in [3.05, 3.63) is 59.3 Å². The number of nitrogens with one attached hydrogen (secondary N) is 1. The van der Waals surface area contributed by atoms with E-state index in [2.05, 4.69) is 10.3 Å². The van der Waals surface area contributed by atoms with E-state index >= 15 is 4.39 Å². The zero-order valence-corrected chi connectivity index (χ0v) is 17.2. The third-order valence-electron chi connectivity index (χ3n) is 5.37. The Morgan fingerprint density at radius 1 is 1.10 bits per heavy atom. The number of benzene rings is 2. The maximum absolute atomic E-state index is 15.1. The molecule has 160 valence electrons. The molecular weight excluding hydrogens is 404 g/mol. The van der Waals surface area contributed by atoms with Gasteiger partial charge in [0.1, 0.15) is 11.6 Å². The number of para-hydroxylation sites is 1. The molecular formula is C23H21F2N3O3. The van der Waals surface area contributed by atoms with Gasteiger partial charge < -0.3 is 15.0 Å². The Balaban J connectivity index is 2.01. The number of amides is 1. The second-order valence-corrected chi connectivity index (χ2v) is 7.27. The molecule has 1 aliphatic rings. The van der Waals surface area contributed by atoms with Crippen LogP contribution in [0.15, 0.2) is 36.5 Å². The number of ether oxygens (including phenoxy) is 1. The van der Waals surface area contributed by atoms with Gasteiger partial charge in [-0.1, -0.05) is 18.2 Å². The van der Waals surface area contributed by atoms with Crippen molar-refractivity contribution in [1.29, 1.82) is 0 Å². The molecule has 31 heavy (non-hydrogen) atoms. The molecule has 1 N–H and O–H groups in total. The molecule has 0 saturated carbocycles. The van der Waals surface area contributed by atoms with Gasteiger partial charge in [0.05, 0.1) is 35.5 Å². The lowest BCUT2D eigenvalue weighted by molar-refractivity contribution is 0.0960. The van der Waals surface area contributed by atoms with Crippen LogP contribution in [0.25, 0.3) is 22.0 Å². The van der Waals surface area contributed by atoms with Crippen LogP contribution in [0, 0.1) is 11.6 Å². The Morgan fingerprint density at radius 3 is 2.52 bits per heavy atom. The number of aromatic nitrogens is 1. The van der Waals surface area contributed by atoms with Crippen molar-refractivity contribution in [1.82, 2.24) is 10.3 Å². The predicted molar refractivity (Wildman–Crippen MR) is 114 cm³/mol. The summed E-state index contributed by atoms with van der Waals surface area (Å²) in [5.41, 5.74) is 1.44. The molecule has 8 heteroatoms. The summed E-state index contributed by atoms with van der Waals surface area (Å²) >= 11 is 0. The molecule has 1 saturated heterocycles. The van der Waals surface area contributed by atoms with Crippen LogP contribution in [0.4, 0.5) is 14.5 Å². The third-order valence-corrected chi connectivity index (χ3v) is 5.37. The molecule has 2 heterocycles. The summed E-state index contributed by atoms with van der Waals surface area (Å²) in [6.07, 6.45) is 1.44. The molecule has 1 amide bonds. The first-order valence-electron chi connectivity index (χ1n) is 9.89. The number of ketones is 1. The first-order chi connectivity index (χ1) is 14.9. The van der Waals surface area contributed by atoms with Crippen molar-refractivity contribution in [2.24, 2.45) is 0 Å². The van der Waals surface area contributed by atoms with Crippen molar-refractivity contribution in [3.8, 4) is 11.1 Å². The molecule has 0 bridgehead atoms. The molecule has 0 atom stereocenters. The highest BCUT2D eigenvalue weighted by atomic mass is 19.1. The van der Waals surface area contributed by atoms with Crippen LogP contribution in [0.1, 0.15) is 27.6 Å². The van der Waals surface area contributed by atoms with Crippen LogP contribution >= 0.6 is 0 Å². The minimum atomic E-state index is -0.800. The molecule has 1 aromatic heterocycles. The minimum absolute atomic E-state index is 0.0519. The predicted octanol–water partition coefficient (Wildman–Crippen LogP) is 3.58. The average molecular weight is 425 g/mol. The maximum atomic E-state index is 15.1. The second kappa shape index (κ2) is 8.39. The van der Waals surface area contributed by atoms with Gasteiger partial charge in [-0.05, 0) is 19.1 Å². The highest BCUT2D eigenvalue weighted by Gasteiger charge is 2.24. The number of halogens is 2. The molecule has 6 nitrogen and oxygen atoms in total. The summed E-state index contributed by atoms with van der Waals surface area (Å²) in [5, 5.41) is 3.26. The summed E-state index contributed by atoms with van der Waals surface area (Å²) in [7, 11) is 1.54. The summed E-state index contributed by atoms with van der Waals surface area (Å²) in [5.74, 6) is -2.38. The van der Waals surface area contributed by atoms with Gasteiger partial charge in [-0.25, -0.2) is 8.78 Å². The summed E-state index contributed by atoms with van der Waals surface area (Å²) in [6.45, 7) is 3.37. The quantitative estimate of drug-likeness (QED) is 0.647. The highest BCUT2D eigenvalue weighted by Crippen LogP contribution is 2.37. The zero-order chi connectivity index (χ0) is 22.1. The van der Waals surface area contributed by atoms with E-state index in [1.54, 1.807) is 18.2 Å². The standard InChI is InChI=1S/C23H21F2N3O3/c1-13(29)17-10-14(24)11-18(20(17)25)15-4-3-5-16-21(15)27-12-19(23(30)26-2)22(16)28-6-8-31-9-7-28/h3-5,10-12H,6-9H2,1-2H3,(H,26,30). The smallest absolute Gasteiger partial charge is 0.254 e. The van der Waals surface area contributed by atoms with Crippen LogP contribution in [0.2, 0.25) is 0 Å². The van der Waals surface area contributed by atoms with Gasteiger partial charge in [0.2, 0.25) is 0 Å². The van der Waals surface area contributed by atoms with Crippen molar-refractivity contribution in [2.75, 3.05) is 38.3 Å². The maximum Gasteiger partial charge on any atom is 0.254 e. The van der Waals surface area contributed by atoms with E-state index in [4.69, 9.17) is 4.74 Å². The van der Waals surface area contributed by atoms with Gasteiger partial charge in [0, 0.05) is 42.8 Å². The number of carbonyl (C=O) groups excluding carboxylic acids is 2. The van der Waals surface area contributed by atoms with Crippen LogP contribution in [-0.4, -0.2) is 50.0 Å². The lowest BCUT2D eigenvalue weighted by Crippen LogP contribution is -2.38. The molecule has 0 unspecified atom stereocenters. The first kappa shape index (κ1) is 20.9. The molecule has 0 spiro atoms. The van der Waals surface area contributed by atoms with Gasteiger partial charge in [0.15, 0.2) is 5.78 Å². The summed E-state index contributed by atoms with van der Waals surface area (Å²) < 4.78 is 34.8. The Kier molecular flexibility index (Phi) is 5.65. The van der Waals surface area contributed by atoms with E-state index in [0.29, 0.717) is 54.0 Å². The topological polar surface area (TPSA) is 71.5 Å². The highest BCUT2D eigenvalue weighted by molar-refractivity contribution is 6.10. The normalized spacial score (nSPS) is 14.0. The monoisotopic (exact) mass is 425 g/mol. The molecule has 0 radical (unpaired) electrons.